The molecular weight excluding hydrogens is 362 g/mol. The first kappa shape index (κ1) is 17.8. The van der Waals surface area contributed by atoms with Gasteiger partial charge in [-0.3, -0.25) is 0 Å². The summed E-state index contributed by atoms with van der Waals surface area (Å²) in [5.74, 6) is 3.04. The third kappa shape index (κ3) is 4.39. The van der Waals surface area contributed by atoms with Crippen molar-refractivity contribution in [1.82, 2.24) is 15.3 Å². The van der Waals surface area contributed by atoms with Gasteiger partial charge in [0.15, 0.2) is 16.6 Å². The zero-order chi connectivity index (χ0) is 18.6. The van der Waals surface area contributed by atoms with E-state index in [2.05, 4.69) is 25.5 Å². The molecule has 2 N–H and O–H groups in total. The van der Waals surface area contributed by atoms with E-state index in [-0.39, 0.29) is 0 Å². The van der Waals surface area contributed by atoms with Crippen molar-refractivity contribution < 1.29 is 9.47 Å². The Balaban J connectivity index is 1.36. The van der Waals surface area contributed by atoms with E-state index in [4.69, 9.17) is 21.7 Å². The monoisotopic (exact) mass is 385 g/mol. The number of hydrogen-bond acceptors (Lipinski definition) is 6. The van der Waals surface area contributed by atoms with E-state index in [0.717, 1.165) is 41.7 Å². The lowest BCUT2D eigenvalue weighted by Gasteiger charge is -2.19. The molecule has 2 aliphatic rings. The Hall–Kier alpha value is -2.61. The highest BCUT2D eigenvalue weighted by Gasteiger charge is 2.16. The number of ether oxygens (including phenoxy) is 2. The minimum absolute atomic E-state index is 0.489. The number of fused-ring (bicyclic) bond motifs is 1. The number of nitrogens with zero attached hydrogens (tertiary/aromatic N) is 3. The van der Waals surface area contributed by atoms with Crippen LogP contribution >= 0.6 is 12.2 Å². The van der Waals surface area contributed by atoms with Gasteiger partial charge in [0.25, 0.3) is 0 Å². The molecule has 2 aromatic rings. The number of aromatic nitrogens is 2. The Labute approximate surface area is 164 Å². The Morgan fingerprint density at radius 3 is 2.70 bits per heavy atom. The van der Waals surface area contributed by atoms with Crippen LogP contribution in [0, 0.1) is 6.92 Å². The van der Waals surface area contributed by atoms with Gasteiger partial charge in [0, 0.05) is 31.4 Å². The molecule has 1 aromatic heterocycles. The van der Waals surface area contributed by atoms with Gasteiger partial charge in [0.2, 0.25) is 5.95 Å². The predicted octanol–water partition coefficient (Wildman–Crippen LogP) is 2.64. The van der Waals surface area contributed by atoms with Gasteiger partial charge in [0.1, 0.15) is 19.0 Å². The number of aryl methyl sites for hydroxylation is 1. The fourth-order valence-corrected chi connectivity index (χ4v) is 3.41. The lowest BCUT2D eigenvalue weighted by molar-refractivity contribution is 0.171. The van der Waals surface area contributed by atoms with Crippen LogP contribution in [0.25, 0.3) is 0 Å². The second kappa shape index (κ2) is 7.96. The maximum absolute atomic E-state index is 5.62. The highest BCUT2D eigenvalue weighted by Crippen LogP contribution is 2.30. The van der Waals surface area contributed by atoms with Crippen molar-refractivity contribution in [3.8, 4) is 11.5 Å². The van der Waals surface area contributed by atoms with Crippen molar-refractivity contribution in [2.75, 3.05) is 36.5 Å². The van der Waals surface area contributed by atoms with E-state index in [9.17, 15) is 0 Å². The van der Waals surface area contributed by atoms with Gasteiger partial charge in [-0.2, -0.15) is 4.98 Å². The van der Waals surface area contributed by atoms with Crippen LogP contribution in [0.1, 0.15) is 24.1 Å². The van der Waals surface area contributed by atoms with E-state index in [1.807, 2.05) is 31.2 Å². The van der Waals surface area contributed by atoms with Crippen LogP contribution in [0.2, 0.25) is 0 Å². The number of benzene rings is 1. The smallest absolute Gasteiger partial charge is 0.231 e. The average Bonchev–Trinajstić information content (AvgIpc) is 3.21. The first-order valence-corrected chi connectivity index (χ1v) is 9.62. The lowest BCUT2D eigenvalue weighted by atomic mass is 10.2. The Morgan fingerprint density at radius 1 is 1.11 bits per heavy atom. The topological polar surface area (TPSA) is 71.5 Å². The maximum atomic E-state index is 5.62. The van der Waals surface area contributed by atoms with Gasteiger partial charge in [0.05, 0.1) is 0 Å². The molecule has 1 aromatic carbocycles. The van der Waals surface area contributed by atoms with Crippen LogP contribution in [-0.4, -0.2) is 41.4 Å². The molecule has 0 amide bonds. The molecule has 27 heavy (non-hydrogen) atoms. The summed E-state index contributed by atoms with van der Waals surface area (Å²) in [5.41, 5.74) is 1.98. The summed E-state index contributed by atoms with van der Waals surface area (Å²) in [5, 5.41) is 6.78. The molecule has 0 aliphatic carbocycles. The first-order chi connectivity index (χ1) is 13.2. The lowest BCUT2D eigenvalue weighted by Crippen LogP contribution is -2.29. The molecule has 0 radical (unpaired) electrons. The van der Waals surface area contributed by atoms with Crippen molar-refractivity contribution in [3.05, 3.63) is 35.5 Å². The van der Waals surface area contributed by atoms with E-state index in [0.29, 0.717) is 30.8 Å². The molecule has 0 saturated carbocycles. The molecule has 4 rings (SSSR count). The second-order valence-electron chi connectivity index (χ2n) is 6.67. The van der Waals surface area contributed by atoms with E-state index in [1.165, 1.54) is 12.8 Å². The summed E-state index contributed by atoms with van der Waals surface area (Å²) >= 11 is 5.41. The molecule has 0 bridgehead atoms. The number of rotatable bonds is 4. The summed E-state index contributed by atoms with van der Waals surface area (Å²) in [7, 11) is 0. The van der Waals surface area contributed by atoms with E-state index in [1.54, 1.807) is 0 Å². The number of thiocarbonyl (C=S) groups is 1. The predicted molar refractivity (Wildman–Crippen MR) is 109 cm³/mol. The maximum Gasteiger partial charge on any atom is 0.231 e. The fourth-order valence-electron chi connectivity index (χ4n) is 3.24. The second-order valence-corrected chi connectivity index (χ2v) is 7.08. The van der Waals surface area contributed by atoms with Gasteiger partial charge in [-0.05, 0) is 49.7 Å². The van der Waals surface area contributed by atoms with Gasteiger partial charge >= 0.3 is 0 Å². The Kier molecular flexibility index (Phi) is 5.24. The molecule has 8 heteroatoms. The van der Waals surface area contributed by atoms with Crippen molar-refractivity contribution >= 4 is 29.1 Å². The van der Waals surface area contributed by atoms with Gasteiger partial charge in [-0.25, -0.2) is 4.98 Å². The van der Waals surface area contributed by atoms with Crippen molar-refractivity contribution in [3.63, 3.8) is 0 Å². The SMILES string of the molecule is Cc1cc(N2CCCC2)nc(NC(=S)NCc2ccc3c(c2)OCCO3)n1. The van der Waals surface area contributed by atoms with Gasteiger partial charge < -0.3 is 25.0 Å². The minimum Gasteiger partial charge on any atom is -0.486 e. The zero-order valence-electron chi connectivity index (χ0n) is 15.3. The quantitative estimate of drug-likeness (QED) is 0.779. The first-order valence-electron chi connectivity index (χ1n) is 9.21. The third-order valence-corrected chi connectivity index (χ3v) is 4.80. The molecule has 1 fully saturated rings. The third-order valence-electron chi connectivity index (χ3n) is 4.56. The van der Waals surface area contributed by atoms with Gasteiger partial charge in [-0.15, -0.1) is 0 Å². The fraction of sp³-hybridized carbons (Fsp3) is 0.421. The molecule has 2 aliphatic heterocycles. The number of nitrogens with one attached hydrogen (secondary N) is 2. The normalized spacial score (nSPS) is 15.5. The zero-order valence-corrected chi connectivity index (χ0v) is 16.1. The standard InChI is InChI=1S/C19H23N5O2S/c1-13-10-17(24-6-2-3-7-24)22-18(21-13)23-19(27)20-12-14-4-5-15-16(11-14)26-9-8-25-15/h4-5,10-11H,2-3,6-9,12H2,1H3,(H2,20,21,22,23,27). The van der Waals surface area contributed by atoms with Crippen LogP contribution in [0.4, 0.5) is 11.8 Å². The highest BCUT2D eigenvalue weighted by molar-refractivity contribution is 7.80. The average molecular weight is 385 g/mol. The summed E-state index contributed by atoms with van der Waals surface area (Å²) in [6, 6.07) is 7.91. The molecule has 0 spiro atoms. The highest BCUT2D eigenvalue weighted by atomic mass is 32.1. The van der Waals surface area contributed by atoms with Crippen molar-refractivity contribution in [2.45, 2.75) is 26.3 Å². The molecule has 3 heterocycles. The molecule has 1 saturated heterocycles. The van der Waals surface area contributed by atoms with Crippen LogP contribution in [0.3, 0.4) is 0 Å². The van der Waals surface area contributed by atoms with Crippen LogP contribution in [0.15, 0.2) is 24.3 Å². The molecule has 142 valence electrons. The minimum atomic E-state index is 0.489. The van der Waals surface area contributed by atoms with Crippen molar-refractivity contribution in [1.29, 1.82) is 0 Å². The molecule has 0 atom stereocenters. The molecule has 0 unspecified atom stereocenters. The summed E-state index contributed by atoms with van der Waals surface area (Å²) in [6.45, 7) is 5.80. The Bertz CT molecular complexity index is 839. The Morgan fingerprint density at radius 2 is 1.89 bits per heavy atom. The van der Waals surface area contributed by atoms with Gasteiger partial charge in [-0.1, -0.05) is 6.07 Å². The number of anilines is 2. The van der Waals surface area contributed by atoms with Crippen LogP contribution in [-0.2, 0) is 6.54 Å². The van der Waals surface area contributed by atoms with Crippen LogP contribution < -0.4 is 25.0 Å². The van der Waals surface area contributed by atoms with E-state index >= 15 is 0 Å². The summed E-state index contributed by atoms with van der Waals surface area (Å²) < 4.78 is 11.2. The molecule has 7 nitrogen and oxygen atoms in total. The molecular formula is C19H23N5O2S. The van der Waals surface area contributed by atoms with Crippen molar-refractivity contribution in [2.24, 2.45) is 0 Å². The summed E-state index contributed by atoms with van der Waals surface area (Å²) in [6.07, 6.45) is 2.42. The van der Waals surface area contributed by atoms with E-state index < -0.39 is 0 Å². The van der Waals surface area contributed by atoms with Crippen LogP contribution in [0.5, 0.6) is 11.5 Å². The largest absolute Gasteiger partial charge is 0.486 e. The number of hydrogen-bond donors (Lipinski definition) is 2. The summed E-state index contributed by atoms with van der Waals surface area (Å²) in [4.78, 5) is 11.3.